The first kappa shape index (κ1) is 20.6. The lowest BCUT2D eigenvalue weighted by atomic mass is 10.1. The zero-order chi connectivity index (χ0) is 20.1. The van der Waals surface area contributed by atoms with Crippen molar-refractivity contribution in [1.82, 2.24) is 5.32 Å². The third kappa shape index (κ3) is 7.57. The first-order valence-corrected chi connectivity index (χ1v) is 9.55. The summed E-state index contributed by atoms with van der Waals surface area (Å²) in [5, 5.41) is 2.64. The van der Waals surface area contributed by atoms with Gasteiger partial charge in [0.2, 0.25) is 10.0 Å². The summed E-state index contributed by atoms with van der Waals surface area (Å²) in [4.78, 5) is 12.2. The van der Waals surface area contributed by atoms with Crippen molar-refractivity contribution in [3.8, 4) is 5.75 Å². The number of rotatable bonds is 7. The Labute approximate surface area is 154 Å². The van der Waals surface area contributed by atoms with Gasteiger partial charge in [0.1, 0.15) is 5.75 Å². The molecule has 0 atom stereocenters. The number of halogens is 3. The number of carbonyl (C=O) groups excluding carboxylic acids is 1. The highest BCUT2D eigenvalue weighted by molar-refractivity contribution is 7.92. The Morgan fingerprint density at radius 1 is 1.11 bits per heavy atom. The van der Waals surface area contributed by atoms with E-state index in [1.807, 2.05) is 0 Å². The largest absolute Gasteiger partial charge is 0.484 e. The maximum atomic E-state index is 12.2. The van der Waals surface area contributed by atoms with E-state index in [1.54, 1.807) is 0 Å². The highest BCUT2D eigenvalue weighted by atomic mass is 32.2. The molecule has 0 bridgehead atoms. The van der Waals surface area contributed by atoms with Crippen molar-refractivity contribution in [2.75, 3.05) is 17.6 Å². The molecule has 1 amide bonds. The number of nitrogens with one attached hydrogen (secondary N) is 2. The van der Waals surface area contributed by atoms with Crippen LogP contribution < -0.4 is 14.8 Å². The van der Waals surface area contributed by atoms with Crippen molar-refractivity contribution in [2.45, 2.75) is 12.7 Å². The summed E-state index contributed by atoms with van der Waals surface area (Å²) in [7, 11) is -3.46. The maximum absolute atomic E-state index is 12.2. The number of ether oxygens (including phenoxy) is 1. The van der Waals surface area contributed by atoms with E-state index in [4.69, 9.17) is 0 Å². The molecular weight excluding hydrogens is 385 g/mol. The van der Waals surface area contributed by atoms with Crippen LogP contribution in [-0.4, -0.2) is 33.4 Å². The van der Waals surface area contributed by atoms with Crippen molar-refractivity contribution in [2.24, 2.45) is 0 Å². The molecule has 2 aromatic carbocycles. The monoisotopic (exact) mass is 402 g/mol. The molecule has 0 saturated carbocycles. The number of benzene rings is 2. The molecule has 146 valence electrons. The van der Waals surface area contributed by atoms with Crippen molar-refractivity contribution < 1.29 is 31.1 Å². The average Bonchev–Trinajstić information content (AvgIpc) is 2.57. The number of anilines is 1. The van der Waals surface area contributed by atoms with Crippen LogP contribution in [0.15, 0.2) is 48.5 Å². The van der Waals surface area contributed by atoms with Gasteiger partial charge < -0.3 is 10.1 Å². The lowest BCUT2D eigenvalue weighted by molar-refractivity contribution is -0.153. The van der Waals surface area contributed by atoms with Gasteiger partial charge in [-0.25, -0.2) is 8.42 Å². The number of hydrogen-bond donors (Lipinski definition) is 2. The summed E-state index contributed by atoms with van der Waals surface area (Å²) in [6, 6.07) is 11.8. The quantitative estimate of drug-likeness (QED) is 0.746. The minimum atomic E-state index is -4.41. The number of alkyl halides is 3. The fourth-order valence-corrected chi connectivity index (χ4v) is 2.65. The van der Waals surface area contributed by atoms with Gasteiger partial charge in [-0.3, -0.25) is 9.52 Å². The Bertz CT molecular complexity index is 897. The molecule has 0 aliphatic heterocycles. The van der Waals surface area contributed by atoms with E-state index in [-0.39, 0.29) is 23.5 Å². The van der Waals surface area contributed by atoms with Gasteiger partial charge in [0, 0.05) is 17.8 Å². The molecule has 0 aliphatic rings. The van der Waals surface area contributed by atoms with E-state index >= 15 is 0 Å². The average molecular weight is 402 g/mol. The molecule has 2 N–H and O–H groups in total. The van der Waals surface area contributed by atoms with Crippen molar-refractivity contribution in [1.29, 1.82) is 0 Å². The van der Waals surface area contributed by atoms with Gasteiger partial charge in [-0.05, 0) is 35.9 Å². The second-order valence-electron chi connectivity index (χ2n) is 5.69. The van der Waals surface area contributed by atoms with Gasteiger partial charge in [-0.2, -0.15) is 13.2 Å². The van der Waals surface area contributed by atoms with Crippen LogP contribution in [0, 0.1) is 0 Å². The molecule has 0 unspecified atom stereocenters. The minimum absolute atomic E-state index is 0.0713. The lowest BCUT2D eigenvalue weighted by Gasteiger charge is -2.10. The maximum Gasteiger partial charge on any atom is 0.422 e. The summed E-state index contributed by atoms with van der Waals surface area (Å²) in [6.07, 6.45) is -3.41. The summed E-state index contributed by atoms with van der Waals surface area (Å²) in [5.41, 5.74) is 1.18. The van der Waals surface area contributed by atoms with Crippen molar-refractivity contribution in [3.63, 3.8) is 0 Å². The second-order valence-corrected chi connectivity index (χ2v) is 7.43. The molecule has 2 rings (SSSR count). The van der Waals surface area contributed by atoms with Gasteiger partial charge in [0.05, 0.1) is 6.26 Å². The zero-order valence-electron chi connectivity index (χ0n) is 14.2. The molecule has 27 heavy (non-hydrogen) atoms. The third-order valence-electron chi connectivity index (χ3n) is 3.21. The fourth-order valence-electron chi connectivity index (χ4n) is 2.09. The van der Waals surface area contributed by atoms with Crippen LogP contribution >= 0.6 is 0 Å². The van der Waals surface area contributed by atoms with E-state index in [9.17, 15) is 26.4 Å². The Kier molecular flexibility index (Phi) is 6.32. The van der Waals surface area contributed by atoms with Crippen LogP contribution in [0.1, 0.15) is 15.9 Å². The highest BCUT2D eigenvalue weighted by Gasteiger charge is 2.28. The number of sulfonamides is 1. The van der Waals surface area contributed by atoms with Crippen LogP contribution in [0.25, 0.3) is 0 Å². The third-order valence-corrected chi connectivity index (χ3v) is 3.81. The predicted molar refractivity (Wildman–Crippen MR) is 94.1 cm³/mol. The Hall–Kier alpha value is -2.75. The Balaban J connectivity index is 1.93. The van der Waals surface area contributed by atoms with Gasteiger partial charge in [-0.15, -0.1) is 0 Å². The van der Waals surface area contributed by atoms with Crippen LogP contribution in [-0.2, 0) is 16.6 Å². The van der Waals surface area contributed by atoms with E-state index in [0.29, 0.717) is 5.56 Å². The van der Waals surface area contributed by atoms with Crippen LogP contribution in [0.5, 0.6) is 5.75 Å². The molecule has 0 aliphatic carbocycles. The SMILES string of the molecule is CS(=O)(=O)Nc1cccc(C(=O)NCc2ccc(OCC(F)(F)F)cc2)c1. The number of carbonyl (C=O) groups is 1. The Morgan fingerprint density at radius 2 is 1.78 bits per heavy atom. The molecule has 0 fully saturated rings. The van der Waals surface area contributed by atoms with E-state index in [2.05, 4.69) is 14.8 Å². The number of amides is 1. The molecule has 0 saturated heterocycles. The number of hydrogen-bond acceptors (Lipinski definition) is 4. The summed E-state index contributed by atoms with van der Waals surface area (Å²) >= 11 is 0. The second kappa shape index (κ2) is 8.30. The topological polar surface area (TPSA) is 84.5 Å². The van der Waals surface area contributed by atoms with Gasteiger partial charge in [0.15, 0.2) is 6.61 Å². The van der Waals surface area contributed by atoms with Crippen LogP contribution in [0.2, 0.25) is 0 Å². The molecule has 0 radical (unpaired) electrons. The predicted octanol–water partition coefficient (Wildman–Crippen LogP) is 2.93. The lowest BCUT2D eigenvalue weighted by Crippen LogP contribution is -2.23. The van der Waals surface area contributed by atoms with Crippen LogP contribution in [0.4, 0.5) is 18.9 Å². The fraction of sp³-hybridized carbons (Fsp3) is 0.235. The van der Waals surface area contributed by atoms with Gasteiger partial charge in [0.25, 0.3) is 5.91 Å². The standard InChI is InChI=1S/C17H17F3N2O4S/c1-27(24,25)22-14-4-2-3-13(9-14)16(23)21-10-12-5-7-15(8-6-12)26-11-17(18,19)20/h2-9,22H,10-11H2,1H3,(H,21,23). The summed E-state index contributed by atoms with van der Waals surface area (Å²) < 4.78 is 65.7. The molecule has 0 aromatic heterocycles. The van der Waals surface area contributed by atoms with Crippen LogP contribution in [0.3, 0.4) is 0 Å². The zero-order valence-corrected chi connectivity index (χ0v) is 15.0. The molecule has 2 aromatic rings. The normalized spacial score (nSPS) is 11.7. The molecule has 6 nitrogen and oxygen atoms in total. The summed E-state index contributed by atoms with van der Waals surface area (Å²) in [6.45, 7) is -1.23. The van der Waals surface area contributed by atoms with Gasteiger partial charge in [-0.1, -0.05) is 18.2 Å². The first-order chi connectivity index (χ1) is 12.5. The van der Waals surface area contributed by atoms with Crippen molar-refractivity contribution in [3.05, 3.63) is 59.7 Å². The Morgan fingerprint density at radius 3 is 2.37 bits per heavy atom. The molecule has 10 heteroatoms. The van der Waals surface area contributed by atoms with Gasteiger partial charge >= 0.3 is 6.18 Å². The van der Waals surface area contributed by atoms with E-state index in [1.165, 1.54) is 48.5 Å². The van der Waals surface area contributed by atoms with E-state index < -0.39 is 28.7 Å². The first-order valence-electron chi connectivity index (χ1n) is 7.66. The molecule has 0 spiro atoms. The smallest absolute Gasteiger partial charge is 0.422 e. The van der Waals surface area contributed by atoms with E-state index in [0.717, 1.165) is 6.26 Å². The molecular formula is C17H17F3N2O4S. The van der Waals surface area contributed by atoms with Crippen molar-refractivity contribution >= 4 is 21.6 Å². The molecule has 0 heterocycles. The minimum Gasteiger partial charge on any atom is -0.484 e. The highest BCUT2D eigenvalue weighted by Crippen LogP contribution is 2.19. The summed E-state index contributed by atoms with van der Waals surface area (Å²) in [5.74, 6) is -0.355.